The van der Waals surface area contributed by atoms with Gasteiger partial charge in [0.25, 0.3) is 5.56 Å². The van der Waals surface area contributed by atoms with Crippen LogP contribution in [0.25, 0.3) is 11.2 Å². The van der Waals surface area contributed by atoms with Gasteiger partial charge in [-0.3, -0.25) is 18.5 Å². The molecule has 0 fully saturated rings. The van der Waals surface area contributed by atoms with Crippen LogP contribution in [0, 0.1) is 5.82 Å². The van der Waals surface area contributed by atoms with E-state index >= 15 is 0 Å². The molecule has 11 heteroatoms. The Kier molecular flexibility index (Phi) is 5.54. The molecule has 0 radical (unpaired) electrons. The molecule has 28 heavy (non-hydrogen) atoms. The van der Waals surface area contributed by atoms with Crippen molar-refractivity contribution in [1.29, 1.82) is 0 Å². The Hall–Kier alpha value is -2.69. The molecule has 1 atom stereocenters. The van der Waals surface area contributed by atoms with Gasteiger partial charge in [-0.1, -0.05) is 17.7 Å². The van der Waals surface area contributed by atoms with Gasteiger partial charge < -0.3 is 15.5 Å². The molecule has 0 saturated carbocycles. The molecular weight excluding hydrogens is 393 g/mol. The summed E-state index contributed by atoms with van der Waals surface area (Å²) in [6.07, 6.45) is -1.07. The van der Waals surface area contributed by atoms with E-state index in [1.54, 1.807) is 0 Å². The molecule has 0 amide bonds. The number of anilines is 1. The number of hydrogen-bond donors (Lipinski definition) is 3. The van der Waals surface area contributed by atoms with Crippen LogP contribution < -0.4 is 16.6 Å². The largest absolute Gasteiger partial charge is 0.394 e. The second-order valence-electron chi connectivity index (χ2n) is 6.32. The topological polar surface area (TPSA) is 114 Å². The first kappa shape index (κ1) is 20.1. The van der Waals surface area contributed by atoms with E-state index in [-0.39, 0.29) is 40.8 Å². The number of imidazole rings is 1. The van der Waals surface area contributed by atoms with Crippen molar-refractivity contribution in [2.75, 3.05) is 18.5 Å². The summed E-state index contributed by atoms with van der Waals surface area (Å²) in [5.41, 5.74) is -0.849. The van der Waals surface area contributed by atoms with E-state index in [1.165, 1.54) is 41.4 Å². The number of aliphatic hydroxyl groups is 2. The van der Waals surface area contributed by atoms with Crippen LogP contribution in [0.1, 0.15) is 5.56 Å². The summed E-state index contributed by atoms with van der Waals surface area (Å²) in [7, 11) is 2.80. The highest BCUT2D eigenvalue weighted by Gasteiger charge is 2.21. The molecular formula is C17H19ClFN5O4. The third-order valence-electron chi connectivity index (χ3n) is 4.43. The summed E-state index contributed by atoms with van der Waals surface area (Å²) in [6.45, 7) is -0.682. The minimum Gasteiger partial charge on any atom is -0.394 e. The van der Waals surface area contributed by atoms with Crippen molar-refractivity contribution in [1.82, 2.24) is 18.7 Å². The molecule has 0 aliphatic carbocycles. The Bertz CT molecular complexity index is 1130. The van der Waals surface area contributed by atoms with Gasteiger partial charge in [0.15, 0.2) is 11.2 Å². The van der Waals surface area contributed by atoms with E-state index in [0.29, 0.717) is 0 Å². The fraction of sp³-hybridized carbons (Fsp3) is 0.353. The summed E-state index contributed by atoms with van der Waals surface area (Å²) in [6, 6.07) is 4.24. The van der Waals surface area contributed by atoms with Crippen LogP contribution in [0.3, 0.4) is 0 Å². The van der Waals surface area contributed by atoms with Gasteiger partial charge in [0.2, 0.25) is 5.95 Å². The van der Waals surface area contributed by atoms with Crippen LogP contribution in [0.5, 0.6) is 0 Å². The zero-order valence-corrected chi connectivity index (χ0v) is 15.9. The Morgan fingerprint density at radius 3 is 2.64 bits per heavy atom. The maximum Gasteiger partial charge on any atom is 0.332 e. The normalized spacial score (nSPS) is 12.5. The average Bonchev–Trinajstić information content (AvgIpc) is 3.04. The van der Waals surface area contributed by atoms with E-state index in [4.69, 9.17) is 16.7 Å². The lowest BCUT2D eigenvalue weighted by Gasteiger charge is -2.14. The number of nitrogens with one attached hydrogen (secondary N) is 1. The molecule has 150 valence electrons. The molecule has 3 aromatic rings. The molecule has 1 unspecified atom stereocenters. The second-order valence-corrected chi connectivity index (χ2v) is 6.72. The number of fused-ring (bicyclic) bond motifs is 1. The molecule has 3 N–H and O–H groups in total. The van der Waals surface area contributed by atoms with E-state index in [2.05, 4.69) is 10.3 Å². The molecule has 0 aliphatic heterocycles. The second kappa shape index (κ2) is 7.74. The molecule has 3 rings (SSSR count). The molecule has 0 aliphatic rings. The number of aliphatic hydroxyl groups excluding tert-OH is 2. The smallest absolute Gasteiger partial charge is 0.332 e. The first-order valence-corrected chi connectivity index (χ1v) is 8.76. The number of benzene rings is 1. The fourth-order valence-corrected chi connectivity index (χ4v) is 3.07. The van der Waals surface area contributed by atoms with Gasteiger partial charge in [0.1, 0.15) is 5.82 Å². The van der Waals surface area contributed by atoms with Gasteiger partial charge in [0, 0.05) is 31.2 Å². The summed E-state index contributed by atoms with van der Waals surface area (Å²) in [4.78, 5) is 29.2. The van der Waals surface area contributed by atoms with Gasteiger partial charge in [-0.25, -0.2) is 9.18 Å². The van der Waals surface area contributed by atoms with Gasteiger partial charge >= 0.3 is 5.69 Å². The lowest BCUT2D eigenvalue weighted by molar-refractivity contribution is 0.105. The average molecular weight is 412 g/mol. The standard InChI is InChI=1S/C17H19ClFN5O4/c1-22-14-13(15(27)23(2)17(22)28)24(16(21-14)20-6-9(26)8-25)7-10-11(18)4-3-5-12(10)19/h3-5,9,25-26H,6-8H2,1-2H3,(H,20,21). The zero-order valence-electron chi connectivity index (χ0n) is 15.2. The fourth-order valence-electron chi connectivity index (χ4n) is 2.85. The quantitative estimate of drug-likeness (QED) is 0.527. The van der Waals surface area contributed by atoms with Crippen LogP contribution in [0.2, 0.25) is 5.02 Å². The molecule has 1 aromatic carbocycles. The Morgan fingerprint density at radius 2 is 2.00 bits per heavy atom. The summed E-state index contributed by atoms with van der Waals surface area (Å²) in [5, 5.41) is 21.6. The van der Waals surface area contributed by atoms with Crippen molar-refractivity contribution in [2.45, 2.75) is 12.6 Å². The Balaban J connectivity index is 2.25. The summed E-state index contributed by atoms with van der Waals surface area (Å²) >= 11 is 6.12. The minimum absolute atomic E-state index is 0.0703. The number of rotatable bonds is 6. The van der Waals surface area contributed by atoms with Crippen molar-refractivity contribution in [3.05, 3.63) is 55.4 Å². The van der Waals surface area contributed by atoms with E-state index in [1.807, 2.05) is 0 Å². The summed E-state index contributed by atoms with van der Waals surface area (Å²) in [5.74, 6) is -0.433. The molecule has 9 nitrogen and oxygen atoms in total. The maximum atomic E-state index is 14.3. The number of aromatic nitrogens is 4. The van der Waals surface area contributed by atoms with Gasteiger partial charge in [-0.15, -0.1) is 0 Å². The molecule has 2 heterocycles. The Morgan fingerprint density at radius 1 is 1.29 bits per heavy atom. The van der Waals surface area contributed by atoms with Gasteiger partial charge in [-0.05, 0) is 12.1 Å². The van der Waals surface area contributed by atoms with Gasteiger partial charge in [0.05, 0.1) is 19.3 Å². The maximum absolute atomic E-state index is 14.3. The lowest BCUT2D eigenvalue weighted by atomic mass is 10.2. The highest BCUT2D eigenvalue weighted by Crippen LogP contribution is 2.24. The zero-order chi connectivity index (χ0) is 20.6. The molecule has 0 bridgehead atoms. The highest BCUT2D eigenvalue weighted by atomic mass is 35.5. The predicted molar refractivity (Wildman–Crippen MR) is 102 cm³/mol. The van der Waals surface area contributed by atoms with Crippen molar-refractivity contribution in [3.63, 3.8) is 0 Å². The monoisotopic (exact) mass is 411 g/mol. The third-order valence-corrected chi connectivity index (χ3v) is 4.79. The summed E-state index contributed by atoms with van der Waals surface area (Å²) < 4.78 is 17.8. The minimum atomic E-state index is -1.07. The van der Waals surface area contributed by atoms with E-state index in [9.17, 15) is 19.1 Å². The van der Waals surface area contributed by atoms with Crippen LogP contribution in [-0.4, -0.2) is 48.2 Å². The van der Waals surface area contributed by atoms with Crippen LogP contribution in [0.4, 0.5) is 10.3 Å². The van der Waals surface area contributed by atoms with Crippen LogP contribution >= 0.6 is 11.6 Å². The molecule has 0 saturated heterocycles. The third kappa shape index (κ3) is 3.41. The van der Waals surface area contributed by atoms with Crippen molar-refractivity contribution >= 4 is 28.7 Å². The van der Waals surface area contributed by atoms with E-state index in [0.717, 1.165) is 4.57 Å². The number of hydrogen-bond acceptors (Lipinski definition) is 6. The molecule has 0 spiro atoms. The SMILES string of the molecule is Cn1c(=O)c2c(nc(NCC(O)CO)n2Cc2c(F)cccc2Cl)n(C)c1=O. The van der Waals surface area contributed by atoms with Crippen molar-refractivity contribution < 1.29 is 14.6 Å². The number of aryl methyl sites for hydroxylation is 1. The number of halogens is 2. The van der Waals surface area contributed by atoms with Crippen molar-refractivity contribution in [2.24, 2.45) is 14.1 Å². The highest BCUT2D eigenvalue weighted by molar-refractivity contribution is 6.31. The predicted octanol–water partition coefficient (Wildman–Crippen LogP) is 0.0396. The van der Waals surface area contributed by atoms with Crippen molar-refractivity contribution in [3.8, 4) is 0 Å². The van der Waals surface area contributed by atoms with E-state index < -0.39 is 29.8 Å². The van der Waals surface area contributed by atoms with Crippen LogP contribution in [-0.2, 0) is 20.6 Å². The van der Waals surface area contributed by atoms with Crippen LogP contribution in [0.15, 0.2) is 27.8 Å². The Labute approximate surface area is 163 Å². The number of nitrogens with zero attached hydrogens (tertiary/aromatic N) is 4. The first-order chi connectivity index (χ1) is 13.3. The molecule has 2 aromatic heterocycles. The lowest BCUT2D eigenvalue weighted by Crippen LogP contribution is -2.37. The first-order valence-electron chi connectivity index (χ1n) is 8.38. The van der Waals surface area contributed by atoms with Gasteiger partial charge in [-0.2, -0.15) is 4.98 Å².